The summed E-state index contributed by atoms with van der Waals surface area (Å²) in [6, 6.07) is 11.3. The van der Waals surface area contributed by atoms with Crippen molar-refractivity contribution in [3.8, 4) is 11.3 Å². The van der Waals surface area contributed by atoms with Crippen LogP contribution in [-0.2, 0) is 12.7 Å². The topological polar surface area (TPSA) is 71.0 Å². The minimum Gasteiger partial charge on any atom is -0.358 e. The molecule has 1 atom stereocenters. The Balaban J connectivity index is 1.60. The van der Waals surface area contributed by atoms with Crippen molar-refractivity contribution in [3.63, 3.8) is 0 Å². The first-order chi connectivity index (χ1) is 16.4. The van der Waals surface area contributed by atoms with E-state index in [9.17, 15) is 18.0 Å². The number of alkyl halides is 3. The highest BCUT2D eigenvalue weighted by Gasteiger charge is 2.39. The van der Waals surface area contributed by atoms with Gasteiger partial charge < -0.3 is 5.32 Å². The molecule has 0 radical (unpaired) electrons. The molecule has 1 saturated heterocycles. The molecule has 2 aromatic heterocycles. The predicted octanol–water partition coefficient (Wildman–Crippen LogP) is 5.68. The third-order valence-corrected chi connectivity index (χ3v) is 7.40. The molecule has 3 aromatic rings. The van der Waals surface area contributed by atoms with Gasteiger partial charge in [0.1, 0.15) is 0 Å². The van der Waals surface area contributed by atoms with E-state index in [-0.39, 0.29) is 10.7 Å². The van der Waals surface area contributed by atoms with E-state index in [1.165, 1.54) is 0 Å². The number of anilines is 1. The van der Waals surface area contributed by atoms with E-state index in [1.807, 2.05) is 30.3 Å². The largest absolute Gasteiger partial charge is 0.445 e. The van der Waals surface area contributed by atoms with Crippen LogP contribution < -0.4 is 5.32 Å². The molecule has 1 unspecified atom stereocenters. The summed E-state index contributed by atoms with van der Waals surface area (Å²) in [7, 11) is 0. The number of pyridine rings is 1. The number of piperidine rings is 1. The number of carbonyl (C=O) groups is 1. The quantitative estimate of drug-likeness (QED) is 0.411. The van der Waals surface area contributed by atoms with Crippen molar-refractivity contribution < 1.29 is 18.0 Å². The van der Waals surface area contributed by atoms with Gasteiger partial charge in [-0.25, -0.2) is 0 Å². The van der Waals surface area contributed by atoms with Gasteiger partial charge in [-0.2, -0.15) is 13.2 Å². The van der Waals surface area contributed by atoms with E-state index < -0.39 is 11.2 Å². The number of nitrogens with zero attached hydrogens (tertiary/aromatic N) is 4. The molecule has 0 bridgehead atoms. The standard InChI is InChI=1S/C24H26F3N5OS/c1-2-23(16-29-22-31-30-21(34-22)24(25,26)27)11-4-6-13-32(23)14-17-8-7-9-18(15-33)20(17)19-10-3-5-12-28-19/h3,5,7-10,12,15H,2,4,6,11,13-14,16H2,1H3,(H,29,31). The fraction of sp³-hybridized carbons (Fsp3) is 0.417. The Morgan fingerprint density at radius 1 is 1.18 bits per heavy atom. The van der Waals surface area contributed by atoms with Gasteiger partial charge in [-0.15, -0.1) is 10.2 Å². The number of halogens is 3. The van der Waals surface area contributed by atoms with Crippen LogP contribution >= 0.6 is 11.3 Å². The van der Waals surface area contributed by atoms with E-state index in [4.69, 9.17) is 0 Å². The van der Waals surface area contributed by atoms with Crippen molar-refractivity contribution >= 4 is 22.8 Å². The molecule has 34 heavy (non-hydrogen) atoms. The Morgan fingerprint density at radius 3 is 2.71 bits per heavy atom. The van der Waals surface area contributed by atoms with E-state index in [0.29, 0.717) is 30.0 Å². The van der Waals surface area contributed by atoms with Crippen LogP contribution in [0.15, 0.2) is 42.6 Å². The first-order valence-corrected chi connectivity index (χ1v) is 12.1. The van der Waals surface area contributed by atoms with Gasteiger partial charge in [-0.05, 0) is 43.5 Å². The molecule has 0 amide bonds. The monoisotopic (exact) mass is 489 g/mol. The van der Waals surface area contributed by atoms with E-state index >= 15 is 0 Å². The molecule has 6 nitrogen and oxygen atoms in total. The van der Waals surface area contributed by atoms with Crippen LogP contribution in [0.5, 0.6) is 0 Å². The van der Waals surface area contributed by atoms with Gasteiger partial charge in [-0.3, -0.25) is 14.7 Å². The fourth-order valence-corrected chi connectivity index (χ4v) is 5.26. The maximum absolute atomic E-state index is 12.9. The zero-order valence-electron chi connectivity index (χ0n) is 18.8. The second kappa shape index (κ2) is 10.2. The van der Waals surface area contributed by atoms with Crippen LogP contribution in [0.25, 0.3) is 11.3 Å². The minimum atomic E-state index is -4.50. The van der Waals surface area contributed by atoms with Gasteiger partial charge in [0.2, 0.25) is 10.1 Å². The average Bonchev–Trinajstić information content (AvgIpc) is 3.34. The summed E-state index contributed by atoms with van der Waals surface area (Å²) in [5.74, 6) is 0. The lowest BCUT2D eigenvalue weighted by Crippen LogP contribution is -2.55. The Bertz CT molecular complexity index is 1120. The Hall–Kier alpha value is -2.85. The second-order valence-corrected chi connectivity index (χ2v) is 9.41. The molecule has 0 spiro atoms. The van der Waals surface area contributed by atoms with Crippen LogP contribution in [0.1, 0.15) is 53.5 Å². The Kier molecular flexibility index (Phi) is 7.27. The summed E-state index contributed by atoms with van der Waals surface area (Å²) in [6.45, 7) is 4.02. The number of nitrogens with one attached hydrogen (secondary N) is 1. The Morgan fingerprint density at radius 2 is 2.03 bits per heavy atom. The van der Waals surface area contributed by atoms with Crippen LogP contribution in [0.3, 0.4) is 0 Å². The number of rotatable bonds is 8. The summed E-state index contributed by atoms with van der Waals surface area (Å²) >= 11 is 0.523. The third-order valence-electron chi connectivity index (χ3n) is 6.48. The number of hydrogen-bond acceptors (Lipinski definition) is 7. The number of hydrogen-bond donors (Lipinski definition) is 1. The molecule has 1 fully saturated rings. The lowest BCUT2D eigenvalue weighted by Gasteiger charge is -2.47. The van der Waals surface area contributed by atoms with E-state index in [1.54, 1.807) is 12.3 Å². The van der Waals surface area contributed by atoms with Gasteiger partial charge in [0.05, 0.1) is 5.69 Å². The normalized spacial score (nSPS) is 19.2. The van der Waals surface area contributed by atoms with Gasteiger partial charge in [0, 0.05) is 36.0 Å². The second-order valence-electron chi connectivity index (χ2n) is 8.43. The molecular formula is C24H26F3N5OS. The molecule has 0 aliphatic carbocycles. The molecule has 3 heterocycles. The van der Waals surface area contributed by atoms with E-state index in [2.05, 4.69) is 32.3 Å². The van der Waals surface area contributed by atoms with Crippen LogP contribution in [0.2, 0.25) is 0 Å². The van der Waals surface area contributed by atoms with Gasteiger partial charge in [0.25, 0.3) is 0 Å². The maximum Gasteiger partial charge on any atom is 0.445 e. The number of benzene rings is 1. The summed E-state index contributed by atoms with van der Waals surface area (Å²) in [6.07, 6.45) is 1.86. The molecule has 1 aliphatic heterocycles. The Labute approximate surface area is 200 Å². The van der Waals surface area contributed by atoms with Crippen molar-refractivity contribution in [3.05, 3.63) is 58.7 Å². The molecule has 1 aliphatic rings. The lowest BCUT2D eigenvalue weighted by molar-refractivity contribution is -0.138. The SMILES string of the molecule is CCC1(CNc2nnc(C(F)(F)F)s2)CCCCN1Cc1cccc(C=O)c1-c1ccccn1. The summed E-state index contributed by atoms with van der Waals surface area (Å²) in [5.41, 5.74) is 2.88. The smallest absolute Gasteiger partial charge is 0.358 e. The predicted molar refractivity (Wildman–Crippen MR) is 126 cm³/mol. The zero-order valence-corrected chi connectivity index (χ0v) is 19.6. The van der Waals surface area contributed by atoms with Crippen LogP contribution in [0, 0.1) is 0 Å². The lowest BCUT2D eigenvalue weighted by atomic mass is 9.83. The minimum absolute atomic E-state index is 0.169. The van der Waals surface area contributed by atoms with Crippen molar-refractivity contribution in [2.24, 2.45) is 0 Å². The van der Waals surface area contributed by atoms with Crippen molar-refractivity contribution in [2.45, 2.75) is 50.9 Å². The average molecular weight is 490 g/mol. The summed E-state index contributed by atoms with van der Waals surface area (Å²) in [4.78, 5) is 18.7. The molecule has 180 valence electrons. The molecule has 1 N–H and O–H groups in total. The number of aldehydes is 1. The molecule has 4 rings (SSSR count). The van der Waals surface area contributed by atoms with Crippen molar-refractivity contribution in [1.82, 2.24) is 20.1 Å². The van der Waals surface area contributed by atoms with Gasteiger partial charge in [0.15, 0.2) is 6.29 Å². The van der Waals surface area contributed by atoms with Crippen LogP contribution in [-0.4, -0.2) is 45.0 Å². The number of likely N-dealkylation sites (tertiary alicyclic amines) is 1. The molecular weight excluding hydrogens is 463 g/mol. The first-order valence-electron chi connectivity index (χ1n) is 11.2. The van der Waals surface area contributed by atoms with Crippen LogP contribution in [0.4, 0.5) is 18.3 Å². The van der Waals surface area contributed by atoms with Crippen molar-refractivity contribution in [1.29, 1.82) is 0 Å². The highest BCUT2D eigenvalue weighted by Crippen LogP contribution is 2.37. The highest BCUT2D eigenvalue weighted by molar-refractivity contribution is 7.15. The third kappa shape index (κ3) is 5.12. The molecule has 0 saturated carbocycles. The van der Waals surface area contributed by atoms with E-state index in [0.717, 1.165) is 55.3 Å². The maximum atomic E-state index is 12.9. The molecule has 1 aromatic carbocycles. The zero-order chi connectivity index (χ0) is 24.2. The number of carbonyl (C=O) groups excluding carboxylic acids is 1. The number of aromatic nitrogens is 3. The summed E-state index contributed by atoms with van der Waals surface area (Å²) < 4.78 is 38.8. The van der Waals surface area contributed by atoms with Gasteiger partial charge >= 0.3 is 6.18 Å². The summed E-state index contributed by atoms with van der Waals surface area (Å²) in [5, 5.41) is 9.30. The van der Waals surface area contributed by atoms with Crippen molar-refractivity contribution in [2.75, 3.05) is 18.4 Å². The fourth-order valence-electron chi connectivity index (χ4n) is 4.65. The molecule has 10 heteroatoms. The highest BCUT2D eigenvalue weighted by atomic mass is 32.1. The first kappa shape index (κ1) is 24.3. The van der Waals surface area contributed by atoms with Gasteiger partial charge in [-0.1, -0.05) is 48.9 Å².